The lowest BCUT2D eigenvalue weighted by atomic mass is 9.89. The van der Waals surface area contributed by atoms with Gasteiger partial charge in [-0.25, -0.2) is 0 Å². The molecule has 1 aromatic rings. The van der Waals surface area contributed by atoms with Crippen molar-refractivity contribution in [3.63, 3.8) is 0 Å². The Morgan fingerprint density at radius 2 is 1.94 bits per heavy atom. The number of benzene rings is 1. The lowest BCUT2D eigenvalue weighted by Crippen LogP contribution is -2.37. The van der Waals surface area contributed by atoms with Crippen molar-refractivity contribution in [1.82, 2.24) is 0 Å². The minimum atomic E-state index is -0.851. The van der Waals surface area contributed by atoms with Crippen molar-refractivity contribution in [2.45, 2.75) is 38.4 Å². The Balaban J connectivity index is 2.16. The van der Waals surface area contributed by atoms with Gasteiger partial charge in [-0.1, -0.05) is 12.1 Å². The van der Waals surface area contributed by atoms with Crippen LogP contribution >= 0.6 is 0 Å². The van der Waals surface area contributed by atoms with Crippen LogP contribution in [0.25, 0.3) is 0 Å². The molecule has 3 heteroatoms. The van der Waals surface area contributed by atoms with Crippen LogP contribution in [0.15, 0.2) is 24.3 Å². The van der Waals surface area contributed by atoms with Crippen LogP contribution in [-0.4, -0.2) is 17.8 Å². The Kier molecular flexibility index (Phi) is 3.40. The van der Waals surface area contributed by atoms with Crippen LogP contribution in [0.3, 0.4) is 0 Å². The summed E-state index contributed by atoms with van der Waals surface area (Å²) in [5, 5.41) is 10.5. The number of rotatable bonds is 5. The molecule has 1 aliphatic rings. The summed E-state index contributed by atoms with van der Waals surface area (Å²) in [6.07, 6.45) is 2.30. The number of ether oxygens (including phenoxy) is 1. The van der Waals surface area contributed by atoms with Crippen molar-refractivity contribution in [2.24, 2.45) is 11.7 Å². The van der Waals surface area contributed by atoms with Gasteiger partial charge in [-0.15, -0.1) is 0 Å². The highest BCUT2D eigenvalue weighted by Crippen LogP contribution is 2.45. The van der Waals surface area contributed by atoms with Gasteiger partial charge in [-0.3, -0.25) is 0 Å². The first-order valence-corrected chi connectivity index (χ1v) is 6.26. The quantitative estimate of drug-likeness (QED) is 0.821. The molecule has 1 fully saturated rings. The molecular formula is C14H21NO2. The lowest BCUT2D eigenvalue weighted by molar-refractivity contribution is 0.0222. The number of nitrogens with two attached hydrogens (primary N) is 1. The van der Waals surface area contributed by atoms with E-state index < -0.39 is 5.60 Å². The molecule has 1 aromatic carbocycles. The van der Waals surface area contributed by atoms with Crippen molar-refractivity contribution in [3.05, 3.63) is 29.8 Å². The van der Waals surface area contributed by atoms with E-state index >= 15 is 0 Å². The van der Waals surface area contributed by atoms with Crippen LogP contribution in [0, 0.1) is 5.92 Å². The van der Waals surface area contributed by atoms with E-state index in [1.165, 1.54) is 0 Å². The van der Waals surface area contributed by atoms with Crippen LogP contribution in [0.1, 0.15) is 32.3 Å². The number of hydrogen-bond donors (Lipinski definition) is 2. The summed E-state index contributed by atoms with van der Waals surface area (Å²) in [6.45, 7) is 4.27. The first-order valence-electron chi connectivity index (χ1n) is 6.26. The van der Waals surface area contributed by atoms with Gasteiger partial charge >= 0.3 is 0 Å². The van der Waals surface area contributed by atoms with Crippen molar-refractivity contribution in [1.29, 1.82) is 0 Å². The molecule has 1 atom stereocenters. The molecule has 0 aromatic heterocycles. The first kappa shape index (κ1) is 12.4. The highest BCUT2D eigenvalue weighted by Gasteiger charge is 2.43. The third-order valence-corrected chi connectivity index (χ3v) is 3.29. The zero-order valence-electron chi connectivity index (χ0n) is 10.5. The van der Waals surface area contributed by atoms with E-state index in [1.54, 1.807) is 0 Å². The fourth-order valence-corrected chi connectivity index (χ4v) is 2.18. The fraction of sp³-hybridized carbons (Fsp3) is 0.571. The summed E-state index contributed by atoms with van der Waals surface area (Å²) in [7, 11) is 0. The van der Waals surface area contributed by atoms with E-state index in [4.69, 9.17) is 10.5 Å². The van der Waals surface area contributed by atoms with Gasteiger partial charge in [0.2, 0.25) is 0 Å². The van der Waals surface area contributed by atoms with Gasteiger partial charge in [-0.2, -0.15) is 0 Å². The van der Waals surface area contributed by atoms with Gasteiger partial charge in [0.05, 0.1) is 6.10 Å². The maximum absolute atomic E-state index is 10.5. The van der Waals surface area contributed by atoms with E-state index in [9.17, 15) is 5.11 Å². The van der Waals surface area contributed by atoms with Crippen molar-refractivity contribution >= 4 is 0 Å². The minimum absolute atomic E-state index is 0.165. The second-order valence-electron chi connectivity index (χ2n) is 5.09. The summed E-state index contributed by atoms with van der Waals surface area (Å²) in [6, 6.07) is 7.64. The first-order chi connectivity index (χ1) is 8.06. The van der Waals surface area contributed by atoms with Crippen LogP contribution in [0.2, 0.25) is 0 Å². The lowest BCUT2D eigenvalue weighted by Gasteiger charge is -2.27. The summed E-state index contributed by atoms with van der Waals surface area (Å²) in [5.74, 6) is 1.16. The van der Waals surface area contributed by atoms with Crippen molar-refractivity contribution in [2.75, 3.05) is 6.54 Å². The van der Waals surface area contributed by atoms with Crippen LogP contribution in [0.4, 0.5) is 0 Å². The molecule has 0 amide bonds. The van der Waals surface area contributed by atoms with Gasteiger partial charge in [-0.05, 0) is 50.3 Å². The predicted molar refractivity (Wildman–Crippen MR) is 67.9 cm³/mol. The Labute approximate surface area is 103 Å². The zero-order valence-corrected chi connectivity index (χ0v) is 10.5. The third-order valence-electron chi connectivity index (χ3n) is 3.29. The normalized spacial score (nSPS) is 19.1. The third kappa shape index (κ3) is 2.61. The molecule has 17 heavy (non-hydrogen) atoms. The Bertz CT molecular complexity index is 370. The minimum Gasteiger partial charge on any atom is -0.491 e. The highest BCUT2D eigenvalue weighted by molar-refractivity contribution is 5.32. The predicted octanol–water partition coefficient (Wildman–Crippen LogP) is 2.03. The molecular weight excluding hydrogens is 214 g/mol. The molecule has 0 spiro atoms. The summed E-state index contributed by atoms with van der Waals surface area (Å²) < 4.78 is 5.58. The fourth-order valence-electron chi connectivity index (χ4n) is 2.18. The standard InChI is InChI=1S/C14H21NO2/c1-10(2)17-13-7-5-12(6-8-13)14(16,9-15)11-3-4-11/h5-8,10-11,16H,3-4,9,15H2,1-2H3. The van der Waals surface area contributed by atoms with E-state index in [-0.39, 0.29) is 12.6 Å². The average molecular weight is 235 g/mol. The van der Waals surface area contributed by atoms with E-state index in [1.807, 2.05) is 38.1 Å². The van der Waals surface area contributed by atoms with Gasteiger partial charge in [0, 0.05) is 6.54 Å². The molecule has 3 nitrogen and oxygen atoms in total. The van der Waals surface area contributed by atoms with Gasteiger partial charge in [0.1, 0.15) is 11.4 Å². The Morgan fingerprint density at radius 1 is 1.35 bits per heavy atom. The number of hydrogen-bond acceptors (Lipinski definition) is 3. The molecule has 0 heterocycles. The molecule has 1 saturated carbocycles. The smallest absolute Gasteiger partial charge is 0.119 e. The van der Waals surface area contributed by atoms with Crippen molar-refractivity contribution < 1.29 is 9.84 Å². The second-order valence-corrected chi connectivity index (χ2v) is 5.09. The molecule has 0 aliphatic heterocycles. The molecule has 0 bridgehead atoms. The summed E-state index contributed by atoms with van der Waals surface area (Å²) in [5.41, 5.74) is 5.77. The van der Waals surface area contributed by atoms with Gasteiger partial charge in [0.25, 0.3) is 0 Å². The molecule has 3 N–H and O–H groups in total. The number of aliphatic hydroxyl groups is 1. The SMILES string of the molecule is CC(C)Oc1ccc(C(O)(CN)C2CC2)cc1. The van der Waals surface area contributed by atoms with Crippen LogP contribution in [-0.2, 0) is 5.60 Å². The molecule has 0 saturated heterocycles. The molecule has 0 radical (unpaired) electrons. The van der Waals surface area contributed by atoms with E-state index in [0.29, 0.717) is 5.92 Å². The second kappa shape index (κ2) is 4.67. The maximum atomic E-state index is 10.5. The van der Waals surface area contributed by atoms with E-state index in [2.05, 4.69) is 0 Å². The Hall–Kier alpha value is -1.06. The monoisotopic (exact) mass is 235 g/mol. The largest absolute Gasteiger partial charge is 0.491 e. The topological polar surface area (TPSA) is 55.5 Å². The van der Waals surface area contributed by atoms with E-state index in [0.717, 1.165) is 24.2 Å². The van der Waals surface area contributed by atoms with Gasteiger partial charge in [0.15, 0.2) is 0 Å². The molecule has 1 unspecified atom stereocenters. The van der Waals surface area contributed by atoms with Crippen LogP contribution < -0.4 is 10.5 Å². The highest BCUT2D eigenvalue weighted by atomic mass is 16.5. The summed E-state index contributed by atoms with van der Waals surface area (Å²) in [4.78, 5) is 0. The summed E-state index contributed by atoms with van der Waals surface area (Å²) >= 11 is 0. The molecule has 2 rings (SSSR count). The van der Waals surface area contributed by atoms with Crippen molar-refractivity contribution in [3.8, 4) is 5.75 Å². The average Bonchev–Trinajstić information content (AvgIpc) is 3.12. The molecule has 94 valence electrons. The zero-order chi connectivity index (χ0) is 12.5. The van der Waals surface area contributed by atoms with Crippen LogP contribution in [0.5, 0.6) is 5.75 Å². The maximum Gasteiger partial charge on any atom is 0.119 e. The Morgan fingerprint density at radius 3 is 2.35 bits per heavy atom. The molecule has 1 aliphatic carbocycles. The van der Waals surface area contributed by atoms with Gasteiger partial charge < -0.3 is 15.6 Å².